The van der Waals surface area contributed by atoms with E-state index in [-0.39, 0.29) is 5.82 Å². The van der Waals surface area contributed by atoms with E-state index in [9.17, 15) is 4.39 Å². The van der Waals surface area contributed by atoms with Gasteiger partial charge in [-0.1, -0.05) is 26.0 Å². The first kappa shape index (κ1) is 15.6. The van der Waals surface area contributed by atoms with Crippen LogP contribution < -0.4 is 5.43 Å². The van der Waals surface area contributed by atoms with Crippen LogP contribution in [0, 0.1) is 5.82 Å². The summed E-state index contributed by atoms with van der Waals surface area (Å²) >= 11 is 1.54. The van der Waals surface area contributed by atoms with Gasteiger partial charge >= 0.3 is 0 Å². The summed E-state index contributed by atoms with van der Waals surface area (Å²) in [6, 6.07) is 6.45. The van der Waals surface area contributed by atoms with Gasteiger partial charge in [0, 0.05) is 16.7 Å². The smallest absolute Gasteiger partial charge is 0.159 e. The van der Waals surface area contributed by atoms with Gasteiger partial charge in [-0.3, -0.25) is 5.43 Å². The molecule has 0 bridgehead atoms. The fraction of sp³-hybridized carbons (Fsp3) is 0.235. The fourth-order valence-corrected chi connectivity index (χ4v) is 3.26. The number of benzene rings is 1. The Bertz CT molecular complexity index is 833. The van der Waals surface area contributed by atoms with Crippen molar-refractivity contribution in [3.05, 3.63) is 41.8 Å². The zero-order valence-electron chi connectivity index (χ0n) is 13.0. The van der Waals surface area contributed by atoms with E-state index in [0.717, 1.165) is 39.9 Å². The van der Waals surface area contributed by atoms with Crippen LogP contribution in [0.1, 0.15) is 26.7 Å². The van der Waals surface area contributed by atoms with Crippen molar-refractivity contribution >= 4 is 33.1 Å². The number of fused-ring (bicyclic) bond motifs is 1. The topological polar surface area (TPSA) is 50.2 Å². The molecule has 4 nitrogen and oxygen atoms in total. The van der Waals surface area contributed by atoms with Crippen LogP contribution in [0.15, 0.2) is 41.1 Å². The lowest BCUT2D eigenvalue weighted by Crippen LogP contribution is -2.01. The predicted octanol–water partition coefficient (Wildman–Crippen LogP) is 5.09. The first-order chi connectivity index (χ1) is 11.2. The van der Waals surface area contributed by atoms with Gasteiger partial charge in [0.15, 0.2) is 5.82 Å². The van der Waals surface area contributed by atoms with Crippen LogP contribution in [-0.4, -0.2) is 15.7 Å². The van der Waals surface area contributed by atoms with Crippen LogP contribution in [0.3, 0.4) is 0 Å². The van der Waals surface area contributed by atoms with Crippen LogP contribution >= 0.6 is 11.3 Å². The number of hydrogen-bond donors (Lipinski definition) is 1. The Hall–Kier alpha value is -2.34. The van der Waals surface area contributed by atoms with Crippen molar-refractivity contribution in [1.82, 2.24) is 9.97 Å². The van der Waals surface area contributed by atoms with Crippen molar-refractivity contribution in [1.29, 1.82) is 0 Å². The van der Waals surface area contributed by atoms with E-state index in [1.54, 1.807) is 12.1 Å². The monoisotopic (exact) mass is 328 g/mol. The Labute approximate surface area is 138 Å². The van der Waals surface area contributed by atoms with E-state index in [1.165, 1.54) is 29.8 Å². The predicted molar refractivity (Wildman–Crippen MR) is 94.4 cm³/mol. The van der Waals surface area contributed by atoms with E-state index in [1.807, 2.05) is 5.38 Å². The van der Waals surface area contributed by atoms with Gasteiger partial charge in [-0.05, 0) is 30.5 Å². The molecule has 1 aromatic carbocycles. The first-order valence-corrected chi connectivity index (χ1v) is 8.40. The second-order valence-electron chi connectivity index (χ2n) is 5.06. The molecule has 118 valence electrons. The summed E-state index contributed by atoms with van der Waals surface area (Å²) in [4.78, 5) is 9.53. The van der Waals surface area contributed by atoms with E-state index in [0.29, 0.717) is 5.82 Å². The molecular weight excluding hydrogens is 311 g/mol. The van der Waals surface area contributed by atoms with Gasteiger partial charge in [-0.25, -0.2) is 14.4 Å². The van der Waals surface area contributed by atoms with E-state index >= 15 is 0 Å². The van der Waals surface area contributed by atoms with Gasteiger partial charge in [0.05, 0.1) is 5.39 Å². The summed E-state index contributed by atoms with van der Waals surface area (Å²) in [5, 5.41) is 7.36. The molecule has 1 N–H and O–H groups in total. The lowest BCUT2D eigenvalue weighted by molar-refractivity contribution is 0.628. The van der Waals surface area contributed by atoms with Gasteiger partial charge in [-0.2, -0.15) is 5.10 Å². The average molecular weight is 328 g/mol. The number of hydrazone groups is 1. The Morgan fingerprint density at radius 3 is 2.61 bits per heavy atom. The van der Waals surface area contributed by atoms with Crippen molar-refractivity contribution in [2.75, 3.05) is 5.43 Å². The molecule has 0 fully saturated rings. The summed E-state index contributed by atoms with van der Waals surface area (Å²) in [6.07, 6.45) is 3.32. The zero-order chi connectivity index (χ0) is 16.2. The highest BCUT2D eigenvalue weighted by Crippen LogP contribution is 2.36. The van der Waals surface area contributed by atoms with Crippen molar-refractivity contribution in [2.45, 2.75) is 26.7 Å². The van der Waals surface area contributed by atoms with Crippen LogP contribution in [0.5, 0.6) is 0 Å². The van der Waals surface area contributed by atoms with Crippen molar-refractivity contribution in [2.24, 2.45) is 5.10 Å². The maximum absolute atomic E-state index is 13.2. The number of nitrogens with one attached hydrogen (secondary N) is 1. The maximum atomic E-state index is 13.2. The minimum atomic E-state index is -0.247. The summed E-state index contributed by atoms with van der Waals surface area (Å²) in [5.41, 5.74) is 6.07. The highest BCUT2D eigenvalue weighted by Gasteiger charge is 2.13. The molecule has 6 heteroatoms. The lowest BCUT2D eigenvalue weighted by atomic mass is 10.1. The quantitative estimate of drug-likeness (QED) is 0.524. The van der Waals surface area contributed by atoms with Gasteiger partial charge in [0.2, 0.25) is 0 Å². The van der Waals surface area contributed by atoms with Crippen LogP contribution in [0.2, 0.25) is 0 Å². The number of thiophene rings is 1. The fourth-order valence-electron chi connectivity index (χ4n) is 2.34. The Kier molecular flexibility index (Phi) is 4.62. The van der Waals surface area contributed by atoms with E-state index in [2.05, 4.69) is 34.3 Å². The number of anilines is 1. The molecule has 0 radical (unpaired) electrons. The third kappa shape index (κ3) is 3.22. The molecule has 0 amide bonds. The Balaban J connectivity index is 2.07. The van der Waals surface area contributed by atoms with Crippen molar-refractivity contribution < 1.29 is 4.39 Å². The number of hydrogen-bond acceptors (Lipinski definition) is 5. The molecule has 3 aromatic rings. The van der Waals surface area contributed by atoms with Crippen LogP contribution in [0.4, 0.5) is 10.2 Å². The van der Waals surface area contributed by atoms with Crippen LogP contribution in [-0.2, 0) is 0 Å². The van der Waals surface area contributed by atoms with Gasteiger partial charge in [0.1, 0.15) is 17.0 Å². The van der Waals surface area contributed by atoms with E-state index in [4.69, 9.17) is 0 Å². The number of aromatic nitrogens is 2. The largest absolute Gasteiger partial charge is 0.261 e. The normalized spacial score (nSPS) is 10.7. The number of rotatable bonds is 5. The molecule has 0 spiro atoms. The summed E-state index contributed by atoms with van der Waals surface area (Å²) < 4.78 is 13.2. The van der Waals surface area contributed by atoms with E-state index < -0.39 is 0 Å². The SMILES string of the molecule is CCC(CC)=NNc1ncnc2scc(-c3ccc(F)cc3)c12. The minimum absolute atomic E-state index is 0.247. The standard InChI is InChI=1S/C17H17FN4S/c1-3-13(4-2)21-22-16-15-14(9-23-17(15)20-10-19-16)11-5-7-12(18)8-6-11/h5-10H,3-4H2,1-2H3,(H,19,20,22). The number of halogens is 1. The molecule has 3 rings (SSSR count). The third-order valence-corrected chi connectivity index (χ3v) is 4.55. The number of nitrogens with zero attached hydrogens (tertiary/aromatic N) is 3. The molecule has 2 heterocycles. The van der Waals surface area contributed by atoms with Crippen LogP contribution in [0.25, 0.3) is 21.3 Å². The summed E-state index contributed by atoms with van der Waals surface area (Å²) in [7, 11) is 0. The Morgan fingerprint density at radius 1 is 1.17 bits per heavy atom. The molecule has 0 atom stereocenters. The molecular formula is C17H17FN4S. The molecule has 2 aromatic heterocycles. The third-order valence-electron chi connectivity index (χ3n) is 3.66. The van der Waals surface area contributed by atoms with Gasteiger partial charge in [-0.15, -0.1) is 11.3 Å². The zero-order valence-corrected chi connectivity index (χ0v) is 13.8. The van der Waals surface area contributed by atoms with Crippen molar-refractivity contribution in [3.8, 4) is 11.1 Å². The van der Waals surface area contributed by atoms with Gasteiger partial charge in [0.25, 0.3) is 0 Å². The summed E-state index contributed by atoms with van der Waals surface area (Å²) in [6.45, 7) is 4.15. The minimum Gasteiger partial charge on any atom is -0.261 e. The second-order valence-corrected chi connectivity index (χ2v) is 5.91. The lowest BCUT2D eigenvalue weighted by Gasteiger charge is -2.06. The highest BCUT2D eigenvalue weighted by atomic mass is 32.1. The second kappa shape index (κ2) is 6.83. The van der Waals surface area contributed by atoms with Gasteiger partial charge < -0.3 is 0 Å². The maximum Gasteiger partial charge on any atom is 0.159 e. The Morgan fingerprint density at radius 2 is 1.91 bits per heavy atom. The molecule has 0 aliphatic carbocycles. The molecule has 0 saturated heterocycles. The van der Waals surface area contributed by atoms with Crippen molar-refractivity contribution in [3.63, 3.8) is 0 Å². The summed E-state index contributed by atoms with van der Waals surface area (Å²) in [5.74, 6) is 0.429. The molecule has 0 aliphatic heterocycles. The molecule has 0 aliphatic rings. The molecule has 23 heavy (non-hydrogen) atoms. The highest BCUT2D eigenvalue weighted by molar-refractivity contribution is 7.17. The average Bonchev–Trinajstić information content (AvgIpc) is 3.01. The molecule has 0 unspecified atom stereocenters. The first-order valence-electron chi connectivity index (χ1n) is 7.52. The molecule has 0 saturated carbocycles.